The number of ether oxygens (including phenoxy) is 1. The molecule has 0 aromatic carbocycles. The Morgan fingerprint density at radius 3 is 2.53 bits per heavy atom. The van der Waals surface area contributed by atoms with E-state index in [9.17, 15) is 4.79 Å². The molecule has 0 saturated heterocycles. The first-order chi connectivity index (χ1) is 6.85. The summed E-state index contributed by atoms with van der Waals surface area (Å²) in [6.45, 7) is 9.24. The van der Waals surface area contributed by atoms with Crippen LogP contribution < -0.4 is 0 Å². The van der Waals surface area contributed by atoms with E-state index < -0.39 is 6.16 Å². The van der Waals surface area contributed by atoms with Crippen molar-refractivity contribution in [2.45, 2.75) is 40.5 Å². The van der Waals surface area contributed by atoms with Gasteiger partial charge in [-0.2, -0.15) is 0 Å². The van der Waals surface area contributed by atoms with Gasteiger partial charge in [0.15, 0.2) is 0 Å². The number of carbonyl (C=O) groups is 1. The average Bonchev–Trinajstić information content (AvgIpc) is 2.11. The van der Waals surface area contributed by atoms with Crippen LogP contribution in [0.3, 0.4) is 0 Å². The minimum atomic E-state index is -1.16. The zero-order chi connectivity index (χ0) is 11.6. The van der Waals surface area contributed by atoms with Crippen molar-refractivity contribution in [1.82, 2.24) is 0 Å². The van der Waals surface area contributed by atoms with Crippen LogP contribution in [0.1, 0.15) is 40.5 Å². The van der Waals surface area contributed by atoms with Gasteiger partial charge >= 0.3 is 6.16 Å². The first-order valence-electron chi connectivity index (χ1n) is 5.71. The Morgan fingerprint density at radius 2 is 2.00 bits per heavy atom. The second-order valence-corrected chi connectivity index (χ2v) is 5.46. The molecular weight excluding hydrogens is 192 g/mol. The molecule has 1 N–H and O–H groups in total. The van der Waals surface area contributed by atoms with Gasteiger partial charge in [-0.25, -0.2) is 4.79 Å². The molecular formula is C12H22O3. The summed E-state index contributed by atoms with van der Waals surface area (Å²) in [6.07, 6.45) is 1.26. The smallest absolute Gasteiger partial charge is 0.450 e. The fourth-order valence-corrected chi connectivity index (χ4v) is 2.72. The molecule has 0 spiro atoms. The molecule has 0 aromatic rings. The topological polar surface area (TPSA) is 46.5 Å². The van der Waals surface area contributed by atoms with Crippen molar-refractivity contribution in [3.05, 3.63) is 0 Å². The van der Waals surface area contributed by atoms with Crippen LogP contribution in [0.2, 0.25) is 0 Å². The molecule has 3 heteroatoms. The van der Waals surface area contributed by atoms with E-state index in [0.29, 0.717) is 24.4 Å². The van der Waals surface area contributed by atoms with Gasteiger partial charge in [0.05, 0.1) is 6.61 Å². The van der Waals surface area contributed by atoms with Gasteiger partial charge in [-0.3, -0.25) is 0 Å². The Balaban J connectivity index is 2.67. The second kappa shape index (κ2) is 4.42. The van der Waals surface area contributed by atoms with Crippen LogP contribution in [0.4, 0.5) is 4.79 Å². The fourth-order valence-electron chi connectivity index (χ4n) is 2.72. The molecule has 0 aromatic heterocycles. The maximum absolute atomic E-state index is 10.4. The van der Waals surface area contributed by atoms with E-state index in [1.807, 2.05) is 0 Å². The van der Waals surface area contributed by atoms with Crippen molar-refractivity contribution in [3.8, 4) is 0 Å². The van der Waals surface area contributed by atoms with Gasteiger partial charge in [-0.05, 0) is 23.7 Å². The summed E-state index contributed by atoms with van der Waals surface area (Å²) in [5.41, 5.74) is 0.174. The van der Waals surface area contributed by atoms with Crippen molar-refractivity contribution in [1.29, 1.82) is 0 Å². The van der Waals surface area contributed by atoms with Gasteiger partial charge in [0.25, 0.3) is 0 Å². The Bertz CT molecular complexity index is 235. The maximum atomic E-state index is 10.4. The summed E-state index contributed by atoms with van der Waals surface area (Å²) < 4.78 is 4.75. The van der Waals surface area contributed by atoms with Crippen molar-refractivity contribution in [2.24, 2.45) is 23.2 Å². The molecule has 1 saturated carbocycles. The minimum absolute atomic E-state index is 0.174. The Morgan fingerprint density at radius 1 is 1.40 bits per heavy atom. The summed E-state index contributed by atoms with van der Waals surface area (Å²) >= 11 is 0. The van der Waals surface area contributed by atoms with Crippen LogP contribution in [-0.4, -0.2) is 17.9 Å². The van der Waals surface area contributed by atoms with Crippen LogP contribution in [0.25, 0.3) is 0 Å². The molecule has 3 nitrogen and oxygen atoms in total. The standard InChI is InChI=1S/C12H22O3/c1-8-5-6-9(2)12(3,4)10(8)7-15-11(13)14/h8-10H,5-7H2,1-4H3,(H,13,14). The Kier molecular flexibility index (Phi) is 3.63. The number of rotatable bonds is 2. The van der Waals surface area contributed by atoms with Gasteiger partial charge < -0.3 is 9.84 Å². The van der Waals surface area contributed by atoms with Gasteiger partial charge in [0, 0.05) is 5.92 Å². The number of hydrogen-bond acceptors (Lipinski definition) is 2. The molecule has 1 rings (SSSR count). The molecule has 0 amide bonds. The van der Waals surface area contributed by atoms with E-state index in [1.54, 1.807) is 0 Å². The van der Waals surface area contributed by atoms with Gasteiger partial charge in [-0.15, -0.1) is 0 Å². The largest absolute Gasteiger partial charge is 0.505 e. The zero-order valence-corrected chi connectivity index (χ0v) is 10.1. The highest BCUT2D eigenvalue weighted by Crippen LogP contribution is 2.47. The third-order valence-corrected chi connectivity index (χ3v) is 4.35. The normalized spacial score (nSPS) is 34.8. The minimum Gasteiger partial charge on any atom is -0.450 e. The SMILES string of the molecule is CC1CCC(C)C(C)(C)C1COC(=O)O. The predicted molar refractivity (Wildman–Crippen MR) is 58.8 cm³/mol. The van der Waals surface area contributed by atoms with Crippen molar-refractivity contribution in [3.63, 3.8) is 0 Å². The van der Waals surface area contributed by atoms with E-state index >= 15 is 0 Å². The van der Waals surface area contributed by atoms with E-state index in [-0.39, 0.29) is 5.41 Å². The molecule has 3 atom stereocenters. The quantitative estimate of drug-likeness (QED) is 0.717. The van der Waals surface area contributed by atoms with Gasteiger partial charge in [-0.1, -0.05) is 34.1 Å². The van der Waals surface area contributed by atoms with Crippen LogP contribution in [0.15, 0.2) is 0 Å². The van der Waals surface area contributed by atoms with Crippen LogP contribution in [0, 0.1) is 23.2 Å². The van der Waals surface area contributed by atoms with Crippen molar-refractivity contribution in [2.75, 3.05) is 6.61 Å². The molecule has 0 aliphatic heterocycles. The van der Waals surface area contributed by atoms with E-state index in [0.717, 1.165) is 0 Å². The highest BCUT2D eigenvalue weighted by atomic mass is 16.7. The van der Waals surface area contributed by atoms with Crippen LogP contribution in [0.5, 0.6) is 0 Å². The zero-order valence-electron chi connectivity index (χ0n) is 10.1. The van der Waals surface area contributed by atoms with E-state index in [2.05, 4.69) is 27.7 Å². The number of carboxylic acid groups (broad SMARTS) is 1. The average molecular weight is 214 g/mol. The molecule has 15 heavy (non-hydrogen) atoms. The maximum Gasteiger partial charge on any atom is 0.505 e. The highest BCUT2D eigenvalue weighted by Gasteiger charge is 2.42. The molecule has 1 aliphatic carbocycles. The molecule has 0 heterocycles. The third kappa shape index (κ3) is 2.64. The number of hydrogen-bond donors (Lipinski definition) is 1. The predicted octanol–water partition coefficient (Wildman–Crippen LogP) is 3.39. The summed E-state index contributed by atoms with van der Waals surface area (Å²) in [6, 6.07) is 0. The van der Waals surface area contributed by atoms with Crippen LogP contribution >= 0.6 is 0 Å². The van der Waals surface area contributed by atoms with Crippen LogP contribution in [-0.2, 0) is 4.74 Å². The first kappa shape index (κ1) is 12.3. The van der Waals surface area contributed by atoms with Gasteiger partial charge in [0.1, 0.15) is 0 Å². The Hall–Kier alpha value is -0.730. The monoisotopic (exact) mass is 214 g/mol. The molecule has 88 valence electrons. The molecule has 0 radical (unpaired) electrons. The molecule has 1 aliphatic rings. The summed E-state index contributed by atoms with van der Waals surface area (Å²) in [5, 5.41) is 8.54. The second-order valence-electron chi connectivity index (χ2n) is 5.46. The Labute approximate surface area is 91.8 Å². The molecule has 3 unspecified atom stereocenters. The summed E-state index contributed by atoms with van der Waals surface area (Å²) in [4.78, 5) is 10.4. The lowest BCUT2D eigenvalue weighted by molar-refractivity contribution is -0.0242. The lowest BCUT2D eigenvalue weighted by Gasteiger charge is -2.46. The lowest BCUT2D eigenvalue weighted by atomic mass is 9.59. The lowest BCUT2D eigenvalue weighted by Crippen LogP contribution is -2.42. The summed E-state index contributed by atoms with van der Waals surface area (Å²) in [7, 11) is 0. The van der Waals surface area contributed by atoms with E-state index in [4.69, 9.17) is 9.84 Å². The van der Waals surface area contributed by atoms with Gasteiger partial charge in [0.2, 0.25) is 0 Å². The first-order valence-corrected chi connectivity index (χ1v) is 5.71. The van der Waals surface area contributed by atoms with Crippen molar-refractivity contribution >= 4 is 6.16 Å². The molecule has 1 fully saturated rings. The summed E-state index contributed by atoms with van der Waals surface area (Å²) in [5.74, 6) is 1.53. The fraction of sp³-hybridized carbons (Fsp3) is 0.917. The third-order valence-electron chi connectivity index (χ3n) is 4.35. The highest BCUT2D eigenvalue weighted by molar-refractivity contribution is 5.56. The molecule has 0 bridgehead atoms. The van der Waals surface area contributed by atoms with Crippen molar-refractivity contribution < 1.29 is 14.6 Å². The van der Waals surface area contributed by atoms with E-state index in [1.165, 1.54) is 12.8 Å².